The zero-order chi connectivity index (χ0) is 10.6. The van der Waals surface area contributed by atoms with E-state index in [4.69, 9.17) is 5.73 Å². The second kappa shape index (κ2) is 5.72. The van der Waals surface area contributed by atoms with Crippen LogP contribution in [0.2, 0.25) is 0 Å². The number of hydrogen-bond donors (Lipinski definition) is 1. The molecule has 0 aromatic carbocycles. The lowest BCUT2D eigenvalue weighted by molar-refractivity contribution is 0.0907. The van der Waals surface area contributed by atoms with Gasteiger partial charge < -0.3 is 5.73 Å². The highest BCUT2D eigenvalue weighted by Crippen LogP contribution is 2.23. The zero-order valence-corrected chi connectivity index (χ0v) is 10.00. The van der Waals surface area contributed by atoms with Gasteiger partial charge in [-0.25, -0.2) is 0 Å². The molecule has 0 amide bonds. The number of rotatable bonds is 4. The van der Waals surface area contributed by atoms with Crippen LogP contribution in [0.5, 0.6) is 0 Å². The van der Waals surface area contributed by atoms with E-state index in [1.165, 1.54) is 32.4 Å². The molecule has 0 aromatic heterocycles. The van der Waals surface area contributed by atoms with Crippen LogP contribution in [0.1, 0.15) is 40.0 Å². The van der Waals surface area contributed by atoms with E-state index >= 15 is 0 Å². The highest BCUT2D eigenvalue weighted by atomic mass is 15.2. The molecule has 14 heavy (non-hydrogen) atoms. The highest BCUT2D eigenvalue weighted by molar-refractivity contribution is 4.83. The van der Waals surface area contributed by atoms with Gasteiger partial charge >= 0.3 is 0 Å². The van der Waals surface area contributed by atoms with Gasteiger partial charge in [-0.15, -0.1) is 0 Å². The first kappa shape index (κ1) is 12.0. The van der Waals surface area contributed by atoms with Crippen LogP contribution in [-0.2, 0) is 0 Å². The van der Waals surface area contributed by atoms with Crippen LogP contribution in [0, 0.1) is 11.8 Å². The second-order valence-corrected chi connectivity index (χ2v) is 4.93. The number of likely N-dealkylation sites (tertiary alicyclic amines) is 1. The summed E-state index contributed by atoms with van der Waals surface area (Å²) in [6, 6.07) is 0.637. The monoisotopic (exact) mass is 198 g/mol. The fourth-order valence-corrected chi connectivity index (χ4v) is 2.47. The molecule has 0 aliphatic carbocycles. The Labute approximate surface area is 88.8 Å². The fourth-order valence-electron chi connectivity index (χ4n) is 2.47. The van der Waals surface area contributed by atoms with Gasteiger partial charge in [0.25, 0.3) is 0 Å². The molecule has 0 bridgehead atoms. The van der Waals surface area contributed by atoms with Crippen LogP contribution in [-0.4, -0.2) is 30.6 Å². The molecule has 1 heterocycles. The summed E-state index contributed by atoms with van der Waals surface area (Å²) >= 11 is 0. The van der Waals surface area contributed by atoms with Crippen LogP contribution in [0.3, 0.4) is 0 Å². The summed E-state index contributed by atoms with van der Waals surface area (Å²) in [5.74, 6) is 1.60. The van der Waals surface area contributed by atoms with Gasteiger partial charge in [-0.2, -0.15) is 0 Å². The molecule has 1 rings (SSSR count). The van der Waals surface area contributed by atoms with E-state index in [9.17, 15) is 0 Å². The summed E-state index contributed by atoms with van der Waals surface area (Å²) in [6.07, 6.45) is 4.00. The topological polar surface area (TPSA) is 29.3 Å². The Hall–Kier alpha value is -0.0800. The molecule has 1 saturated heterocycles. The van der Waals surface area contributed by atoms with Crippen LogP contribution in [0.4, 0.5) is 0 Å². The minimum Gasteiger partial charge on any atom is -0.329 e. The second-order valence-electron chi connectivity index (χ2n) is 4.93. The molecule has 0 saturated carbocycles. The molecule has 1 aliphatic rings. The normalized spacial score (nSPS) is 31.7. The molecule has 1 fully saturated rings. The quantitative estimate of drug-likeness (QED) is 0.749. The predicted octanol–water partition coefficient (Wildman–Crippen LogP) is 2.09. The van der Waals surface area contributed by atoms with E-state index in [-0.39, 0.29) is 0 Å². The van der Waals surface area contributed by atoms with Crippen molar-refractivity contribution in [2.75, 3.05) is 19.6 Å². The van der Waals surface area contributed by atoms with Crippen molar-refractivity contribution in [3.05, 3.63) is 0 Å². The van der Waals surface area contributed by atoms with Crippen molar-refractivity contribution < 1.29 is 0 Å². The van der Waals surface area contributed by atoms with E-state index in [2.05, 4.69) is 25.7 Å². The zero-order valence-electron chi connectivity index (χ0n) is 10.00. The van der Waals surface area contributed by atoms with Crippen molar-refractivity contribution in [2.45, 2.75) is 46.1 Å². The van der Waals surface area contributed by atoms with E-state index < -0.39 is 0 Å². The SMILES string of the molecule is CCC(C)CN1CCCC(C)C1CN. The smallest absolute Gasteiger partial charge is 0.0244 e. The Morgan fingerprint density at radius 3 is 2.79 bits per heavy atom. The maximum Gasteiger partial charge on any atom is 0.0244 e. The standard InChI is InChI=1S/C12H26N2/c1-4-10(2)9-14-7-5-6-11(3)12(14)8-13/h10-12H,4-9,13H2,1-3H3. The Morgan fingerprint density at radius 2 is 2.21 bits per heavy atom. The van der Waals surface area contributed by atoms with Gasteiger partial charge in [-0.05, 0) is 31.2 Å². The van der Waals surface area contributed by atoms with Gasteiger partial charge in [-0.3, -0.25) is 4.90 Å². The van der Waals surface area contributed by atoms with Crippen molar-refractivity contribution in [3.8, 4) is 0 Å². The summed E-state index contributed by atoms with van der Waals surface area (Å²) in [5, 5.41) is 0. The third-order valence-corrected chi connectivity index (χ3v) is 3.72. The van der Waals surface area contributed by atoms with Gasteiger partial charge in [0.2, 0.25) is 0 Å². The third-order valence-electron chi connectivity index (χ3n) is 3.72. The maximum atomic E-state index is 5.86. The number of hydrogen-bond acceptors (Lipinski definition) is 2. The van der Waals surface area contributed by atoms with Crippen molar-refractivity contribution in [1.29, 1.82) is 0 Å². The molecule has 3 atom stereocenters. The summed E-state index contributed by atoms with van der Waals surface area (Å²) in [7, 11) is 0. The summed E-state index contributed by atoms with van der Waals surface area (Å²) in [6.45, 7) is 10.3. The first-order valence-electron chi connectivity index (χ1n) is 6.13. The summed E-state index contributed by atoms with van der Waals surface area (Å²) in [5.41, 5.74) is 5.86. The van der Waals surface area contributed by atoms with Crippen molar-refractivity contribution >= 4 is 0 Å². The first-order valence-corrected chi connectivity index (χ1v) is 6.13. The molecule has 2 N–H and O–H groups in total. The van der Waals surface area contributed by atoms with Crippen LogP contribution >= 0.6 is 0 Å². The number of nitrogens with zero attached hydrogens (tertiary/aromatic N) is 1. The predicted molar refractivity (Wildman–Crippen MR) is 62.3 cm³/mol. The Balaban J connectivity index is 2.47. The third kappa shape index (κ3) is 2.96. The van der Waals surface area contributed by atoms with E-state index in [0.717, 1.165) is 18.4 Å². The molecular weight excluding hydrogens is 172 g/mol. The van der Waals surface area contributed by atoms with Crippen molar-refractivity contribution in [2.24, 2.45) is 17.6 Å². The lowest BCUT2D eigenvalue weighted by Crippen LogP contribution is -2.49. The van der Waals surface area contributed by atoms with Crippen LogP contribution in [0.25, 0.3) is 0 Å². The van der Waals surface area contributed by atoms with Gasteiger partial charge in [0, 0.05) is 19.1 Å². The molecule has 2 heteroatoms. The molecular formula is C12H26N2. The minimum atomic E-state index is 0.637. The van der Waals surface area contributed by atoms with Gasteiger partial charge in [0.15, 0.2) is 0 Å². The highest BCUT2D eigenvalue weighted by Gasteiger charge is 2.27. The first-order chi connectivity index (χ1) is 6.69. The van der Waals surface area contributed by atoms with Gasteiger partial charge in [0.1, 0.15) is 0 Å². The largest absolute Gasteiger partial charge is 0.329 e. The van der Waals surface area contributed by atoms with Crippen LogP contribution < -0.4 is 5.73 Å². The Kier molecular flexibility index (Phi) is 4.90. The average Bonchev–Trinajstić information content (AvgIpc) is 2.18. The molecule has 3 unspecified atom stereocenters. The summed E-state index contributed by atoms with van der Waals surface area (Å²) < 4.78 is 0. The summed E-state index contributed by atoms with van der Waals surface area (Å²) in [4.78, 5) is 2.61. The van der Waals surface area contributed by atoms with Gasteiger partial charge in [0.05, 0.1) is 0 Å². The van der Waals surface area contributed by atoms with E-state index in [0.29, 0.717) is 6.04 Å². The minimum absolute atomic E-state index is 0.637. The number of nitrogens with two attached hydrogens (primary N) is 1. The van der Waals surface area contributed by atoms with Crippen molar-refractivity contribution in [1.82, 2.24) is 4.90 Å². The van der Waals surface area contributed by atoms with Crippen LogP contribution in [0.15, 0.2) is 0 Å². The lowest BCUT2D eigenvalue weighted by Gasteiger charge is -2.40. The van der Waals surface area contributed by atoms with Gasteiger partial charge in [-0.1, -0.05) is 27.2 Å². The van der Waals surface area contributed by atoms with Crippen molar-refractivity contribution in [3.63, 3.8) is 0 Å². The Bertz CT molecular complexity index is 158. The fraction of sp³-hybridized carbons (Fsp3) is 1.00. The molecule has 2 nitrogen and oxygen atoms in total. The molecule has 84 valence electrons. The molecule has 1 aliphatic heterocycles. The van der Waals surface area contributed by atoms with E-state index in [1.807, 2.05) is 0 Å². The lowest BCUT2D eigenvalue weighted by atomic mass is 9.90. The Morgan fingerprint density at radius 1 is 1.50 bits per heavy atom. The molecule has 0 spiro atoms. The van der Waals surface area contributed by atoms with E-state index in [1.54, 1.807) is 0 Å². The molecule has 0 aromatic rings. The maximum absolute atomic E-state index is 5.86. The number of piperidine rings is 1. The average molecular weight is 198 g/mol. The molecule has 0 radical (unpaired) electrons.